The van der Waals surface area contributed by atoms with Crippen molar-refractivity contribution in [3.63, 3.8) is 0 Å². The number of nitrogens with zero attached hydrogens (tertiary/aromatic N) is 2. The van der Waals surface area contributed by atoms with E-state index in [9.17, 15) is 18.0 Å². The first kappa shape index (κ1) is 30.5. The summed E-state index contributed by atoms with van der Waals surface area (Å²) in [5, 5.41) is 3.09. The van der Waals surface area contributed by atoms with Gasteiger partial charge in [0.25, 0.3) is 0 Å². The fourth-order valence-electron chi connectivity index (χ4n) is 4.10. The molecule has 3 rings (SSSR count). The summed E-state index contributed by atoms with van der Waals surface area (Å²) in [5.74, 6) is -0.891. The second-order valence-electron chi connectivity index (χ2n) is 9.72. The highest BCUT2D eigenvalue weighted by molar-refractivity contribution is 7.92. The zero-order chi connectivity index (χ0) is 28.7. The van der Waals surface area contributed by atoms with E-state index in [1.165, 1.54) is 17.0 Å². The van der Waals surface area contributed by atoms with Gasteiger partial charge in [-0.15, -0.1) is 0 Å². The first-order valence-electron chi connectivity index (χ1n) is 12.5. The summed E-state index contributed by atoms with van der Waals surface area (Å²) in [7, 11) is -3.95. The minimum Gasteiger partial charge on any atom is -0.352 e. The van der Waals surface area contributed by atoms with Crippen molar-refractivity contribution in [3.8, 4) is 0 Å². The van der Waals surface area contributed by atoms with Gasteiger partial charge in [-0.2, -0.15) is 0 Å². The Balaban J connectivity index is 2.07. The maximum atomic E-state index is 14.0. The summed E-state index contributed by atoms with van der Waals surface area (Å²) in [5.41, 5.74) is 2.80. The Morgan fingerprint density at radius 1 is 0.897 bits per heavy atom. The van der Waals surface area contributed by atoms with Crippen molar-refractivity contribution < 1.29 is 18.0 Å². The highest BCUT2D eigenvalue weighted by Gasteiger charge is 2.33. The van der Waals surface area contributed by atoms with Gasteiger partial charge in [-0.3, -0.25) is 13.9 Å². The smallest absolute Gasteiger partial charge is 0.244 e. The largest absolute Gasteiger partial charge is 0.352 e. The Bertz CT molecular complexity index is 1400. The quantitative estimate of drug-likeness (QED) is 0.331. The Morgan fingerprint density at radius 2 is 1.54 bits per heavy atom. The first-order chi connectivity index (χ1) is 18.4. The number of hydrogen-bond donors (Lipinski definition) is 1. The van der Waals surface area contributed by atoms with Gasteiger partial charge in [0, 0.05) is 19.0 Å². The molecule has 7 nitrogen and oxygen atoms in total. The Kier molecular flexibility index (Phi) is 10.4. The van der Waals surface area contributed by atoms with Crippen molar-refractivity contribution >= 4 is 50.7 Å². The molecule has 2 amide bonds. The van der Waals surface area contributed by atoms with Crippen LogP contribution >= 0.6 is 23.2 Å². The van der Waals surface area contributed by atoms with Crippen LogP contribution in [0.5, 0.6) is 0 Å². The summed E-state index contributed by atoms with van der Waals surface area (Å²) < 4.78 is 26.6. The second kappa shape index (κ2) is 13.3. The van der Waals surface area contributed by atoms with Gasteiger partial charge in [-0.05, 0) is 44.0 Å². The number of amides is 2. The summed E-state index contributed by atoms with van der Waals surface area (Å²) >= 11 is 12.5. The lowest BCUT2D eigenvalue weighted by atomic mass is 10.0. The number of rotatable bonds is 11. The predicted molar refractivity (Wildman–Crippen MR) is 158 cm³/mol. The average molecular weight is 591 g/mol. The molecule has 10 heteroatoms. The summed E-state index contributed by atoms with van der Waals surface area (Å²) in [6, 6.07) is 20.5. The van der Waals surface area contributed by atoms with E-state index < -0.39 is 28.5 Å². The number of carbonyl (C=O) groups excluding carboxylic acids is 2. The predicted octanol–water partition coefficient (Wildman–Crippen LogP) is 5.23. The lowest BCUT2D eigenvalue weighted by Crippen LogP contribution is -2.54. The highest BCUT2D eigenvalue weighted by Crippen LogP contribution is 2.33. The molecule has 1 N–H and O–H groups in total. The van der Waals surface area contributed by atoms with Crippen molar-refractivity contribution in [1.82, 2.24) is 10.2 Å². The van der Waals surface area contributed by atoms with Crippen LogP contribution in [0.1, 0.15) is 30.5 Å². The van der Waals surface area contributed by atoms with Crippen LogP contribution < -0.4 is 9.62 Å². The van der Waals surface area contributed by atoms with Gasteiger partial charge in [0.2, 0.25) is 21.8 Å². The Morgan fingerprint density at radius 3 is 2.13 bits per heavy atom. The van der Waals surface area contributed by atoms with Crippen molar-refractivity contribution in [2.24, 2.45) is 0 Å². The number of carbonyl (C=O) groups is 2. The van der Waals surface area contributed by atoms with Gasteiger partial charge in [0.15, 0.2) is 0 Å². The monoisotopic (exact) mass is 589 g/mol. The topological polar surface area (TPSA) is 86.8 Å². The molecule has 0 aliphatic heterocycles. The maximum Gasteiger partial charge on any atom is 0.244 e. The van der Waals surface area contributed by atoms with Gasteiger partial charge >= 0.3 is 0 Å². The molecular weight excluding hydrogens is 557 g/mol. The van der Waals surface area contributed by atoms with Crippen LogP contribution in [-0.2, 0) is 32.6 Å². The van der Waals surface area contributed by atoms with E-state index in [1.807, 2.05) is 75.4 Å². The van der Waals surface area contributed by atoms with Gasteiger partial charge < -0.3 is 10.2 Å². The van der Waals surface area contributed by atoms with Gasteiger partial charge in [-0.25, -0.2) is 8.42 Å². The molecule has 3 aromatic carbocycles. The molecule has 1 atom stereocenters. The summed E-state index contributed by atoms with van der Waals surface area (Å²) in [6.45, 7) is 5.18. The fourth-order valence-corrected chi connectivity index (χ4v) is 5.41. The standard InChI is InChI=1S/C29H33Cl2N3O4S/c1-20(2)32-29(36)26(17-22-9-6-5-7-10-22)33(18-23-15-13-21(3)14-16-23)27(35)19-34(39(4,37)38)25-12-8-11-24(30)28(25)31/h5-16,20,26H,17-19H2,1-4H3,(H,32,36). The average Bonchev–Trinajstić information content (AvgIpc) is 2.87. The SMILES string of the molecule is Cc1ccc(CN(C(=O)CN(c2cccc(Cl)c2Cl)S(C)(=O)=O)C(Cc2ccccc2)C(=O)NC(C)C)cc1. The number of aryl methyl sites for hydroxylation is 1. The van der Waals surface area contributed by atoms with Crippen molar-refractivity contribution in [1.29, 1.82) is 0 Å². The van der Waals surface area contributed by atoms with Crippen LogP contribution in [0.3, 0.4) is 0 Å². The van der Waals surface area contributed by atoms with Gasteiger partial charge in [-0.1, -0.05) is 89.4 Å². The highest BCUT2D eigenvalue weighted by atomic mass is 35.5. The van der Waals surface area contributed by atoms with Crippen LogP contribution in [0.4, 0.5) is 5.69 Å². The molecule has 0 aliphatic rings. The lowest BCUT2D eigenvalue weighted by Gasteiger charge is -2.34. The van der Waals surface area contributed by atoms with Crippen LogP contribution in [0.15, 0.2) is 72.8 Å². The molecule has 0 bridgehead atoms. The van der Waals surface area contributed by atoms with E-state index in [2.05, 4.69) is 5.32 Å². The number of halogens is 2. The third kappa shape index (κ3) is 8.46. The molecule has 0 radical (unpaired) electrons. The molecular formula is C29H33Cl2N3O4S. The number of anilines is 1. The number of hydrogen-bond acceptors (Lipinski definition) is 4. The van der Waals surface area contributed by atoms with Crippen molar-refractivity contribution in [2.45, 2.75) is 45.8 Å². The molecule has 1 unspecified atom stereocenters. The molecule has 0 spiro atoms. The number of benzene rings is 3. The molecule has 39 heavy (non-hydrogen) atoms. The minimum absolute atomic E-state index is 0.0147. The summed E-state index contributed by atoms with van der Waals surface area (Å²) in [6.07, 6.45) is 1.24. The molecule has 0 saturated carbocycles. The normalized spacial score (nSPS) is 12.2. The Hall–Kier alpha value is -3.07. The summed E-state index contributed by atoms with van der Waals surface area (Å²) in [4.78, 5) is 29.0. The fraction of sp³-hybridized carbons (Fsp3) is 0.310. The third-order valence-corrected chi connectivity index (χ3v) is 7.99. The van der Waals surface area contributed by atoms with Crippen LogP contribution in [0, 0.1) is 6.92 Å². The minimum atomic E-state index is -3.95. The van der Waals surface area contributed by atoms with Crippen LogP contribution in [0.25, 0.3) is 0 Å². The first-order valence-corrected chi connectivity index (χ1v) is 15.1. The van der Waals surface area contributed by atoms with Crippen molar-refractivity contribution in [3.05, 3.63) is 99.5 Å². The van der Waals surface area contributed by atoms with Gasteiger partial charge in [0.1, 0.15) is 12.6 Å². The molecule has 0 fully saturated rings. The molecule has 0 heterocycles. The molecule has 3 aromatic rings. The lowest BCUT2D eigenvalue weighted by molar-refractivity contribution is -0.140. The number of sulfonamides is 1. The molecule has 0 saturated heterocycles. The number of nitrogens with one attached hydrogen (secondary N) is 1. The van der Waals surface area contributed by atoms with E-state index in [1.54, 1.807) is 6.07 Å². The van der Waals surface area contributed by atoms with E-state index >= 15 is 0 Å². The van der Waals surface area contributed by atoms with Crippen LogP contribution in [0.2, 0.25) is 10.0 Å². The zero-order valence-electron chi connectivity index (χ0n) is 22.4. The van der Waals surface area contributed by atoms with Gasteiger partial charge in [0.05, 0.1) is 22.0 Å². The maximum absolute atomic E-state index is 14.0. The third-order valence-electron chi connectivity index (χ3n) is 6.05. The van der Waals surface area contributed by atoms with Crippen LogP contribution in [-0.4, -0.2) is 50.0 Å². The van der Waals surface area contributed by atoms with E-state index in [0.29, 0.717) is 0 Å². The van der Waals surface area contributed by atoms with E-state index in [0.717, 1.165) is 27.3 Å². The van der Waals surface area contributed by atoms with E-state index in [-0.39, 0.29) is 40.6 Å². The zero-order valence-corrected chi connectivity index (χ0v) is 24.7. The molecule has 0 aromatic heterocycles. The Labute approximate surface area is 240 Å². The van der Waals surface area contributed by atoms with E-state index in [4.69, 9.17) is 23.2 Å². The molecule has 0 aliphatic carbocycles. The molecule has 208 valence electrons. The second-order valence-corrected chi connectivity index (χ2v) is 12.4. The van der Waals surface area contributed by atoms with Crippen molar-refractivity contribution in [2.75, 3.05) is 17.1 Å².